The number of carbonyl (C=O) groups is 1. The van der Waals surface area contributed by atoms with Gasteiger partial charge in [0, 0.05) is 30.7 Å². The zero-order valence-corrected chi connectivity index (χ0v) is 21.1. The summed E-state index contributed by atoms with van der Waals surface area (Å²) in [6.45, 7) is 6.44. The SMILES string of the molecule is CC(C)(C)OC(=O)N1CCC(n2c(C#N)nc3cnc4c(ccn4S(=O)(=O)c4ccccc4)c32)CC1. The minimum absolute atomic E-state index is 0.0944. The molecule has 5 rings (SSSR count). The summed E-state index contributed by atoms with van der Waals surface area (Å²) in [6.07, 6.45) is 3.83. The Hall–Kier alpha value is -3.91. The zero-order chi connectivity index (χ0) is 25.7. The second-order valence-corrected chi connectivity index (χ2v) is 11.6. The van der Waals surface area contributed by atoms with E-state index in [1.165, 1.54) is 24.5 Å². The number of aromatic nitrogens is 4. The van der Waals surface area contributed by atoms with Gasteiger partial charge in [-0.3, -0.25) is 0 Å². The van der Waals surface area contributed by atoms with Gasteiger partial charge in [-0.15, -0.1) is 0 Å². The van der Waals surface area contributed by atoms with Gasteiger partial charge in [-0.1, -0.05) is 18.2 Å². The molecular formula is C25H26N6O4S. The van der Waals surface area contributed by atoms with Crippen LogP contribution in [0.3, 0.4) is 0 Å². The van der Waals surface area contributed by atoms with Crippen LogP contribution in [-0.2, 0) is 14.8 Å². The fourth-order valence-electron chi connectivity index (χ4n) is 4.62. The van der Waals surface area contributed by atoms with Gasteiger partial charge in [0.15, 0.2) is 5.65 Å². The molecule has 0 bridgehead atoms. The van der Waals surface area contributed by atoms with Crippen molar-refractivity contribution < 1.29 is 17.9 Å². The molecule has 1 fully saturated rings. The van der Waals surface area contributed by atoms with Crippen LogP contribution in [0.25, 0.3) is 22.1 Å². The van der Waals surface area contributed by atoms with Crippen molar-refractivity contribution in [1.82, 2.24) is 23.4 Å². The highest BCUT2D eigenvalue weighted by Gasteiger charge is 2.31. The molecule has 1 saturated heterocycles. The molecule has 10 nitrogen and oxygen atoms in total. The fraction of sp³-hybridized carbons (Fsp3) is 0.360. The number of rotatable bonds is 3. The molecule has 186 valence electrons. The molecule has 11 heteroatoms. The second kappa shape index (κ2) is 8.64. The predicted molar refractivity (Wildman–Crippen MR) is 133 cm³/mol. The van der Waals surface area contributed by atoms with Crippen LogP contribution < -0.4 is 0 Å². The van der Waals surface area contributed by atoms with Crippen molar-refractivity contribution in [3.63, 3.8) is 0 Å². The molecule has 0 atom stereocenters. The Morgan fingerprint density at radius 1 is 1.14 bits per heavy atom. The number of nitrogens with zero attached hydrogens (tertiary/aromatic N) is 6. The molecule has 0 unspecified atom stereocenters. The number of benzene rings is 1. The predicted octanol–water partition coefficient (Wildman–Crippen LogP) is 4.07. The molecule has 0 N–H and O–H groups in total. The summed E-state index contributed by atoms with van der Waals surface area (Å²) in [5, 5.41) is 10.4. The number of hydrogen-bond donors (Lipinski definition) is 0. The Kier molecular flexibility index (Phi) is 5.71. The average molecular weight is 507 g/mol. The molecule has 36 heavy (non-hydrogen) atoms. The van der Waals surface area contributed by atoms with Crippen molar-refractivity contribution in [2.75, 3.05) is 13.1 Å². The molecule has 0 radical (unpaired) electrons. The van der Waals surface area contributed by atoms with Gasteiger partial charge in [0.1, 0.15) is 17.2 Å². The minimum atomic E-state index is -3.86. The van der Waals surface area contributed by atoms with Gasteiger partial charge in [-0.05, 0) is 51.8 Å². The van der Waals surface area contributed by atoms with E-state index < -0.39 is 15.6 Å². The van der Waals surface area contributed by atoms with E-state index >= 15 is 0 Å². The van der Waals surface area contributed by atoms with Gasteiger partial charge in [-0.2, -0.15) is 5.26 Å². The lowest BCUT2D eigenvalue weighted by molar-refractivity contribution is 0.0189. The third-order valence-corrected chi connectivity index (χ3v) is 7.89. The Labute approximate surface area is 208 Å². The molecule has 4 heterocycles. The Balaban J connectivity index is 1.54. The van der Waals surface area contributed by atoms with E-state index in [1.807, 2.05) is 25.3 Å². The van der Waals surface area contributed by atoms with Gasteiger partial charge < -0.3 is 14.2 Å². The maximum Gasteiger partial charge on any atom is 0.410 e. The maximum absolute atomic E-state index is 13.3. The number of amides is 1. The number of pyridine rings is 1. The highest BCUT2D eigenvalue weighted by molar-refractivity contribution is 7.90. The molecular weight excluding hydrogens is 480 g/mol. The first-order valence-corrected chi connectivity index (χ1v) is 13.1. The number of hydrogen-bond acceptors (Lipinski definition) is 7. The molecule has 1 aliphatic rings. The maximum atomic E-state index is 13.3. The monoisotopic (exact) mass is 506 g/mol. The van der Waals surface area contributed by atoms with E-state index in [1.54, 1.807) is 29.2 Å². The van der Waals surface area contributed by atoms with Crippen LogP contribution in [-0.4, -0.2) is 56.6 Å². The number of nitriles is 1. The highest BCUT2D eigenvalue weighted by atomic mass is 32.2. The van der Waals surface area contributed by atoms with Gasteiger partial charge in [0.25, 0.3) is 10.0 Å². The summed E-state index contributed by atoms with van der Waals surface area (Å²) >= 11 is 0. The molecule has 1 aliphatic heterocycles. The van der Waals surface area contributed by atoms with Crippen LogP contribution in [0.15, 0.2) is 53.7 Å². The van der Waals surface area contributed by atoms with Crippen molar-refractivity contribution in [2.45, 2.75) is 50.2 Å². The van der Waals surface area contributed by atoms with Crippen molar-refractivity contribution in [2.24, 2.45) is 0 Å². The summed E-state index contributed by atoms with van der Waals surface area (Å²) in [6, 6.07) is 11.9. The van der Waals surface area contributed by atoms with E-state index in [9.17, 15) is 18.5 Å². The molecule has 0 spiro atoms. The van der Waals surface area contributed by atoms with Crippen molar-refractivity contribution in [1.29, 1.82) is 5.26 Å². The van der Waals surface area contributed by atoms with Crippen LogP contribution in [0.5, 0.6) is 0 Å². The number of ether oxygens (including phenoxy) is 1. The number of piperidine rings is 1. The van der Waals surface area contributed by atoms with Crippen molar-refractivity contribution in [3.05, 3.63) is 54.6 Å². The van der Waals surface area contributed by atoms with E-state index in [2.05, 4.69) is 16.0 Å². The molecule has 1 aromatic carbocycles. The summed E-state index contributed by atoms with van der Waals surface area (Å²) < 4.78 is 35.1. The quantitative estimate of drug-likeness (QED) is 0.410. The fourth-order valence-corrected chi connectivity index (χ4v) is 5.94. The molecule has 0 aliphatic carbocycles. The van der Waals surface area contributed by atoms with E-state index in [0.29, 0.717) is 42.4 Å². The normalized spacial score (nSPS) is 15.3. The standard InChI is InChI=1S/C25H26N6O4S/c1-25(2,3)35-24(32)29-12-9-17(10-13-29)31-21(15-26)28-20-16-27-23-19(22(20)31)11-14-30(23)36(33,34)18-7-5-4-6-8-18/h4-8,11,14,16-17H,9-10,12-13H2,1-3H3. The van der Waals surface area contributed by atoms with E-state index in [4.69, 9.17) is 4.74 Å². The lowest BCUT2D eigenvalue weighted by Crippen LogP contribution is -2.42. The molecule has 0 saturated carbocycles. The van der Waals surface area contributed by atoms with Crippen LogP contribution in [0.2, 0.25) is 0 Å². The average Bonchev–Trinajstić information content (AvgIpc) is 3.45. The summed E-state index contributed by atoms with van der Waals surface area (Å²) in [5.41, 5.74) is 0.870. The van der Waals surface area contributed by atoms with Gasteiger partial charge >= 0.3 is 6.09 Å². The summed E-state index contributed by atoms with van der Waals surface area (Å²) in [5.74, 6) is 0.230. The second-order valence-electron chi connectivity index (χ2n) is 9.77. The van der Waals surface area contributed by atoms with Gasteiger partial charge in [0.2, 0.25) is 5.82 Å². The van der Waals surface area contributed by atoms with E-state index in [-0.39, 0.29) is 28.5 Å². The Morgan fingerprint density at radius 2 is 1.83 bits per heavy atom. The number of fused-ring (bicyclic) bond motifs is 3. The number of likely N-dealkylation sites (tertiary alicyclic amines) is 1. The molecule has 4 aromatic rings. The molecule has 3 aromatic heterocycles. The lowest BCUT2D eigenvalue weighted by atomic mass is 10.0. The van der Waals surface area contributed by atoms with Crippen LogP contribution in [0.1, 0.15) is 45.5 Å². The smallest absolute Gasteiger partial charge is 0.410 e. The van der Waals surface area contributed by atoms with Crippen molar-refractivity contribution in [3.8, 4) is 6.07 Å². The van der Waals surface area contributed by atoms with Crippen molar-refractivity contribution >= 4 is 38.2 Å². The largest absolute Gasteiger partial charge is 0.444 e. The molecule has 1 amide bonds. The third kappa shape index (κ3) is 4.07. The lowest BCUT2D eigenvalue weighted by Gasteiger charge is -2.34. The first kappa shape index (κ1) is 23.8. The minimum Gasteiger partial charge on any atom is -0.444 e. The Bertz CT molecular complexity index is 1600. The van der Waals surface area contributed by atoms with Crippen LogP contribution in [0.4, 0.5) is 4.79 Å². The van der Waals surface area contributed by atoms with Gasteiger partial charge in [-0.25, -0.2) is 27.2 Å². The first-order chi connectivity index (χ1) is 17.1. The highest BCUT2D eigenvalue weighted by Crippen LogP contribution is 2.34. The zero-order valence-electron chi connectivity index (χ0n) is 20.2. The van der Waals surface area contributed by atoms with Gasteiger partial charge in [0.05, 0.1) is 16.6 Å². The first-order valence-electron chi connectivity index (χ1n) is 11.7. The van der Waals surface area contributed by atoms with E-state index in [0.717, 1.165) is 3.97 Å². The summed E-state index contributed by atoms with van der Waals surface area (Å²) in [7, 11) is -3.86. The summed E-state index contributed by atoms with van der Waals surface area (Å²) in [4.78, 5) is 23.2. The Morgan fingerprint density at radius 3 is 2.47 bits per heavy atom. The third-order valence-electron chi connectivity index (χ3n) is 6.21. The topological polar surface area (TPSA) is 123 Å². The number of imidazole rings is 1. The van der Waals surface area contributed by atoms with Crippen LogP contribution >= 0.6 is 0 Å². The number of carbonyl (C=O) groups excluding carboxylic acids is 1. The van der Waals surface area contributed by atoms with Crippen LogP contribution in [0, 0.1) is 11.3 Å².